The lowest BCUT2D eigenvalue weighted by Crippen LogP contribution is -2.28. The van der Waals surface area contributed by atoms with Gasteiger partial charge in [-0.1, -0.05) is 12.1 Å². The van der Waals surface area contributed by atoms with Crippen LogP contribution in [0.15, 0.2) is 53.2 Å². The summed E-state index contributed by atoms with van der Waals surface area (Å²) in [7, 11) is 3.13. The molecule has 0 radical (unpaired) electrons. The fourth-order valence-corrected chi connectivity index (χ4v) is 3.56. The Morgan fingerprint density at radius 1 is 0.900 bits per heavy atom. The fraction of sp³-hybridized carbons (Fsp3) is 0.182. The first-order valence-electron chi connectivity index (χ1n) is 9.20. The molecular weight excluding hydrogens is 402 g/mol. The maximum atomic E-state index is 12.5. The summed E-state index contributed by atoms with van der Waals surface area (Å²) in [6, 6.07) is 12.6. The molecule has 0 bridgehead atoms. The normalized spacial score (nSPS) is 10.2. The van der Waals surface area contributed by atoms with Crippen molar-refractivity contribution in [1.29, 1.82) is 0 Å². The Labute approximate surface area is 179 Å². The molecule has 3 aromatic rings. The van der Waals surface area contributed by atoms with Crippen LogP contribution in [0.25, 0.3) is 11.1 Å². The predicted octanol–water partition coefficient (Wildman–Crippen LogP) is 4.71. The molecule has 156 valence electrons. The van der Waals surface area contributed by atoms with Crippen molar-refractivity contribution in [3.05, 3.63) is 58.8 Å². The van der Waals surface area contributed by atoms with Crippen LogP contribution in [0, 0.1) is 0 Å². The van der Waals surface area contributed by atoms with Crippen LogP contribution in [0.2, 0.25) is 0 Å². The molecule has 0 aliphatic rings. The summed E-state index contributed by atoms with van der Waals surface area (Å²) in [6.45, 7) is 1.72. The van der Waals surface area contributed by atoms with Crippen LogP contribution >= 0.6 is 11.3 Å². The van der Waals surface area contributed by atoms with Crippen molar-refractivity contribution in [2.24, 2.45) is 0 Å². The second-order valence-electron chi connectivity index (χ2n) is 6.45. The maximum absolute atomic E-state index is 12.5. The van der Waals surface area contributed by atoms with Gasteiger partial charge in [-0.25, -0.2) is 4.79 Å². The van der Waals surface area contributed by atoms with Gasteiger partial charge >= 0.3 is 6.03 Å². The van der Waals surface area contributed by atoms with Crippen molar-refractivity contribution in [1.82, 2.24) is 5.32 Å². The van der Waals surface area contributed by atoms with E-state index in [4.69, 9.17) is 9.47 Å². The lowest BCUT2D eigenvalue weighted by Gasteiger charge is -2.14. The third-order valence-electron chi connectivity index (χ3n) is 4.33. The molecule has 3 amide bonds. The zero-order chi connectivity index (χ0) is 21.5. The van der Waals surface area contributed by atoms with Crippen molar-refractivity contribution < 1.29 is 19.1 Å². The lowest BCUT2D eigenvalue weighted by atomic mass is 10.1. The molecule has 1 heterocycles. The topological polar surface area (TPSA) is 88.7 Å². The van der Waals surface area contributed by atoms with Crippen LogP contribution in [0.1, 0.15) is 12.5 Å². The van der Waals surface area contributed by atoms with Gasteiger partial charge in [0.25, 0.3) is 0 Å². The summed E-state index contributed by atoms with van der Waals surface area (Å²) < 4.78 is 10.5. The van der Waals surface area contributed by atoms with Gasteiger partial charge in [-0.3, -0.25) is 4.79 Å². The third-order valence-corrected chi connectivity index (χ3v) is 5.02. The van der Waals surface area contributed by atoms with Crippen LogP contribution in [0.4, 0.5) is 16.2 Å². The third kappa shape index (κ3) is 5.30. The van der Waals surface area contributed by atoms with Crippen LogP contribution in [0.5, 0.6) is 11.5 Å². The van der Waals surface area contributed by atoms with Gasteiger partial charge in [-0.05, 0) is 57.8 Å². The van der Waals surface area contributed by atoms with Gasteiger partial charge in [0.05, 0.1) is 25.6 Å². The number of methoxy groups -OCH3 is 2. The summed E-state index contributed by atoms with van der Waals surface area (Å²) >= 11 is 1.59. The molecule has 7 nitrogen and oxygen atoms in total. The minimum atomic E-state index is -0.390. The number of amides is 3. The monoisotopic (exact) mass is 425 g/mol. The van der Waals surface area contributed by atoms with E-state index in [0.717, 1.165) is 16.7 Å². The Kier molecular flexibility index (Phi) is 6.92. The summed E-state index contributed by atoms with van der Waals surface area (Å²) in [5.74, 6) is 0.997. The van der Waals surface area contributed by atoms with E-state index < -0.39 is 0 Å². The molecule has 3 N–H and O–H groups in total. The lowest BCUT2D eigenvalue weighted by molar-refractivity contribution is -0.114. The summed E-state index contributed by atoms with van der Waals surface area (Å²) in [6.07, 6.45) is 0. The number of rotatable bonds is 7. The molecule has 0 unspecified atom stereocenters. The average molecular weight is 426 g/mol. The van der Waals surface area contributed by atoms with Crippen molar-refractivity contribution in [2.75, 3.05) is 24.9 Å². The van der Waals surface area contributed by atoms with E-state index in [9.17, 15) is 9.59 Å². The first kappa shape index (κ1) is 21.2. The van der Waals surface area contributed by atoms with Crippen LogP contribution in [-0.4, -0.2) is 26.2 Å². The van der Waals surface area contributed by atoms with E-state index >= 15 is 0 Å². The SMILES string of the molecule is COc1ccc(CNC(=O)Nc2cc(-c3ccsc3)ccc2NC(C)=O)cc1OC. The average Bonchev–Trinajstić information content (AvgIpc) is 3.28. The number of thiophene rings is 1. The predicted molar refractivity (Wildman–Crippen MR) is 119 cm³/mol. The first-order chi connectivity index (χ1) is 14.5. The fourth-order valence-electron chi connectivity index (χ4n) is 2.89. The highest BCUT2D eigenvalue weighted by Gasteiger charge is 2.11. The number of carbonyl (C=O) groups excluding carboxylic acids is 2. The molecule has 0 saturated carbocycles. The van der Waals surface area contributed by atoms with Crippen LogP contribution < -0.4 is 25.4 Å². The second-order valence-corrected chi connectivity index (χ2v) is 7.23. The van der Waals surface area contributed by atoms with E-state index in [1.165, 1.54) is 6.92 Å². The van der Waals surface area contributed by atoms with Gasteiger partial charge in [0, 0.05) is 13.5 Å². The molecule has 2 aromatic carbocycles. The van der Waals surface area contributed by atoms with Gasteiger partial charge in [0.1, 0.15) is 0 Å². The zero-order valence-electron chi connectivity index (χ0n) is 16.9. The van der Waals surface area contributed by atoms with Crippen molar-refractivity contribution in [3.8, 4) is 22.6 Å². The molecule has 0 aliphatic heterocycles. The molecule has 3 rings (SSSR count). The Balaban J connectivity index is 1.73. The highest BCUT2D eigenvalue weighted by atomic mass is 32.1. The van der Waals surface area contributed by atoms with Gasteiger partial charge in [0.2, 0.25) is 5.91 Å². The number of nitrogens with one attached hydrogen (secondary N) is 3. The summed E-state index contributed by atoms with van der Waals surface area (Å²) in [4.78, 5) is 24.0. The first-order valence-corrected chi connectivity index (χ1v) is 10.1. The summed E-state index contributed by atoms with van der Waals surface area (Å²) in [5, 5.41) is 12.4. The number of carbonyl (C=O) groups is 2. The minimum absolute atomic E-state index is 0.216. The number of benzene rings is 2. The molecule has 0 spiro atoms. The van der Waals surface area contributed by atoms with E-state index in [1.807, 2.05) is 35.0 Å². The van der Waals surface area contributed by atoms with Crippen molar-refractivity contribution in [3.63, 3.8) is 0 Å². The molecule has 0 aliphatic carbocycles. The molecule has 8 heteroatoms. The minimum Gasteiger partial charge on any atom is -0.493 e. The molecule has 1 aromatic heterocycles. The highest BCUT2D eigenvalue weighted by molar-refractivity contribution is 7.08. The summed E-state index contributed by atoms with van der Waals surface area (Å²) in [5.41, 5.74) is 3.89. The van der Waals surface area contributed by atoms with Crippen molar-refractivity contribution in [2.45, 2.75) is 13.5 Å². The zero-order valence-corrected chi connectivity index (χ0v) is 17.8. The maximum Gasteiger partial charge on any atom is 0.319 e. The van der Waals surface area contributed by atoms with Crippen LogP contribution in [-0.2, 0) is 11.3 Å². The van der Waals surface area contributed by atoms with E-state index in [-0.39, 0.29) is 11.9 Å². The second kappa shape index (κ2) is 9.80. The largest absolute Gasteiger partial charge is 0.493 e. The number of hydrogen-bond acceptors (Lipinski definition) is 5. The van der Waals surface area contributed by atoms with Gasteiger partial charge in [-0.2, -0.15) is 11.3 Å². The Bertz CT molecular complexity index is 1030. The van der Waals surface area contributed by atoms with E-state index in [0.29, 0.717) is 29.4 Å². The quantitative estimate of drug-likeness (QED) is 0.511. The Morgan fingerprint density at radius 3 is 2.37 bits per heavy atom. The molecule has 0 saturated heterocycles. The standard InChI is InChI=1S/C22H23N3O4S/c1-14(26)24-18-6-5-16(17-8-9-30-13-17)11-19(18)25-22(27)23-12-15-4-7-20(28-2)21(10-15)29-3/h4-11,13H,12H2,1-3H3,(H,24,26)(H2,23,25,27). The molecular formula is C22H23N3O4S. The smallest absolute Gasteiger partial charge is 0.319 e. The number of hydrogen-bond donors (Lipinski definition) is 3. The number of ether oxygens (including phenoxy) is 2. The van der Waals surface area contributed by atoms with E-state index in [1.54, 1.807) is 43.8 Å². The van der Waals surface area contributed by atoms with Crippen LogP contribution in [0.3, 0.4) is 0 Å². The Hall–Kier alpha value is -3.52. The van der Waals surface area contributed by atoms with Gasteiger partial charge in [-0.15, -0.1) is 0 Å². The molecule has 0 fully saturated rings. The van der Waals surface area contributed by atoms with Gasteiger partial charge in [0.15, 0.2) is 11.5 Å². The number of urea groups is 1. The molecule has 0 atom stereocenters. The number of anilines is 2. The Morgan fingerprint density at radius 2 is 1.70 bits per heavy atom. The van der Waals surface area contributed by atoms with Gasteiger partial charge < -0.3 is 25.4 Å². The highest BCUT2D eigenvalue weighted by Crippen LogP contribution is 2.30. The van der Waals surface area contributed by atoms with E-state index in [2.05, 4.69) is 16.0 Å². The van der Waals surface area contributed by atoms with Crippen molar-refractivity contribution >= 4 is 34.6 Å². The molecule has 30 heavy (non-hydrogen) atoms.